The Hall–Kier alpha value is 2.81. The molecular formula is BaCl2Pd. The first kappa shape index (κ1) is 29.1. The Balaban J connectivity index is 0. The second kappa shape index (κ2) is 17.0. The number of hydrogen-bond donors (Lipinski definition) is 0. The molecule has 0 aromatic carbocycles. The molecule has 0 saturated heterocycles. The van der Waals surface area contributed by atoms with E-state index in [2.05, 4.69) is 0 Å². The fraction of sp³-hybridized carbons (Fsp3) is 0. The molecule has 0 aromatic rings. The number of rotatable bonds is 0. The minimum Gasteiger partial charge on any atom is -1.00 e. The van der Waals surface area contributed by atoms with Gasteiger partial charge in [0.25, 0.3) is 0 Å². The van der Waals surface area contributed by atoms with Crippen LogP contribution in [0.2, 0.25) is 0 Å². The minimum absolute atomic E-state index is 0. The van der Waals surface area contributed by atoms with Gasteiger partial charge in [-0.1, -0.05) is 0 Å². The molecule has 0 aliphatic rings. The van der Waals surface area contributed by atoms with E-state index in [1.807, 2.05) is 0 Å². The van der Waals surface area contributed by atoms with Gasteiger partial charge in [-0.3, -0.25) is 0 Å². The molecule has 0 bridgehead atoms. The maximum Gasteiger partial charge on any atom is 2.00 e. The maximum absolute atomic E-state index is 0. The van der Waals surface area contributed by atoms with Crippen molar-refractivity contribution in [1.82, 2.24) is 0 Å². The Bertz CT molecular complexity index is 6.00. The average molecular weight is 315 g/mol. The SMILES string of the molecule is [Ba+2].[Cl-].[Cl-].[Pd]. The molecule has 0 spiro atoms. The molecule has 0 amide bonds. The smallest absolute Gasteiger partial charge is 1.00 e. The van der Waals surface area contributed by atoms with Crippen LogP contribution in [0, 0.1) is 0 Å². The van der Waals surface area contributed by atoms with Crippen molar-refractivity contribution in [2.24, 2.45) is 0 Å². The third-order valence-electron chi connectivity index (χ3n) is 0. The second-order valence-electron chi connectivity index (χ2n) is 0. The van der Waals surface area contributed by atoms with Crippen LogP contribution in [0.5, 0.6) is 0 Å². The normalized spacial score (nSPS) is 0. The molecule has 26 valence electrons. The molecule has 0 nitrogen and oxygen atoms in total. The summed E-state index contributed by atoms with van der Waals surface area (Å²) in [5.41, 5.74) is 0. The zero-order valence-electron chi connectivity index (χ0n) is 1.78. The van der Waals surface area contributed by atoms with Crippen molar-refractivity contribution >= 4 is 48.9 Å². The van der Waals surface area contributed by atoms with Crippen molar-refractivity contribution < 1.29 is 45.2 Å². The van der Waals surface area contributed by atoms with Gasteiger partial charge in [-0.25, -0.2) is 0 Å². The topological polar surface area (TPSA) is 0 Å². The van der Waals surface area contributed by atoms with E-state index in [0.29, 0.717) is 0 Å². The first-order chi connectivity index (χ1) is 0. The molecule has 0 rings (SSSR count). The molecule has 0 fully saturated rings. The van der Waals surface area contributed by atoms with Crippen LogP contribution in [-0.4, -0.2) is 48.9 Å². The van der Waals surface area contributed by atoms with Crippen LogP contribution < -0.4 is 24.8 Å². The van der Waals surface area contributed by atoms with Gasteiger partial charge in [0.2, 0.25) is 0 Å². The van der Waals surface area contributed by atoms with Crippen LogP contribution in [-0.2, 0) is 20.4 Å². The Morgan fingerprint density at radius 3 is 0.750 bits per heavy atom. The molecule has 0 radical (unpaired) electrons. The van der Waals surface area contributed by atoms with Gasteiger partial charge in [-0.2, -0.15) is 0 Å². The monoisotopic (exact) mass is 314 g/mol. The zero-order chi connectivity index (χ0) is 0. The van der Waals surface area contributed by atoms with Crippen molar-refractivity contribution in [3.8, 4) is 0 Å². The molecule has 4 heavy (non-hydrogen) atoms. The number of hydrogen-bond acceptors (Lipinski definition) is 0. The summed E-state index contributed by atoms with van der Waals surface area (Å²) in [5.74, 6) is 0. The van der Waals surface area contributed by atoms with Crippen molar-refractivity contribution in [1.29, 1.82) is 0 Å². The second-order valence-corrected chi connectivity index (χ2v) is 0. The molecule has 0 N–H and O–H groups in total. The van der Waals surface area contributed by atoms with Gasteiger partial charge >= 0.3 is 48.9 Å². The first-order valence-electron chi connectivity index (χ1n) is 0. The molecule has 0 heterocycles. The van der Waals surface area contributed by atoms with Crippen LogP contribution in [0.15, 0.2) is 0 Å². The van der Waals surface area contributed by atoms with Crippen LogP contribution in [0.3, 0.4) is 0 Å². The summed E-state index contributed by atoms with van der Waals surface area (Å²) in [7, 11) is 0. The molecular weight excluding hydrogens is 315 g/mol. The summed E-state index contributed by atoms with van der Waals surface area (Å²) in [4.78, 5) is 0. The van der Waals surface area contributed by atoms with E-state index < -0.39 is 0 Å². The molecule has 0 aliphatic carbocycles. The van der Waals surface area contributed by atoms with E-state index in [4.69, 9.17) is 0 Å². The van der Waals surface area contributed by atoms with Crippen molar-refractivity contribution in [3.05, 3.63) is 0 Å². The molecule has 0 atom stereocenters. The van der Waals surface area contributed by atoms with Gasteiger partial charge < -0.3 is 24.8 Å². The van der Waals surface area contributed by atoms with Gasteiger partial charge in [0.1, 0.15) is 0 Å². The predicted molar refractivity (Wildman–Crippen MR) is 5.75 cm³/mol. The van der Waals surface area contributed by atoms with Crippen molar-refractivity contribution in [2.75, 3.05) is 0 Å². The maximum atomic E-state index is 0. The van der Waals surface area contributed by atoms with Crippen LogP contribution in [0.25, 0.3) is 0 Å². The predicted octanol–water partition coefficient (Wildman–Crippen LogP) is -6.38. The molecule has 4 heteroatoms. The summed E-state index contributed by atoms with van der Waals surface area (Å²) in [6, 6.07) is 0. The van der Waals surface area contributed by atoms with Gasteiger partial charge in [-0.15, -0.1) is 0 Å². The van der Waals surface area contributed by atoms with Gasteiger partial charge in [0.15, 0.2) is 0 Å². The van der Waals surface area contributed by atoms with E-state index in [-0.39, 0.29) is 94.1 Å². The summed E-state index contributed by atoms with van der Waals surface area (Å²) >= 11 is 0. The van der Waals surface area contributed by atoms with E-state index in [0.717, 1.165) is 0 Å². The number of halogens is 2. The van der Waals surface area contributed by atoms with Gasteiger partial charge in [0, 0.05) is 20.4 Å². The summed E-state index contributed by atoms with van der Waals surface area (Å²) in [6.45, 7) is 0. The van der Waals surface area contributed by atoms with Gasteiger partial charge in [0.05, 0.1) is 0 Å². The standard InChI is InChI=1S/Ba.2ClH.Pd/h;2*1H;/q+2;;;/p-2. The van der Waals surface area contributed by atoms with Gasteiger partial charge in [-0.05, 0) is 0 Å². The third-order valence-corrected chi connectivity index (χ3v) is 0. The molecule has 0 saturated carbocycles. The minimum atomic E-state index is 0. The summed E-state index contributed by atoms with van der Waals surface area (Å²) < 4.78 is 0. The quantitative estimate of drug-likeness (QED) is 0.390. The first-order valence-corrected chi connectivity index (χ1v) is 0. The van der Waals surface area contributed by atoms with Crippen LogP contribution in [0.1, 0.15) is 0 Å². The Labute approximate surface area is 92.0 Å². The van der Waals surface area contributed by atoms with Crippen LogP contribution >= 0.6 is 0 Å². The Morgan fingerprint density at radius 1 is 0.750 bits per heavy atom. The van der Waals surface area contributed by atoms with E-state index in [1.54, 1.807) is 0 Å². The third kappa shape index (κ3) is 8.84. The molecule has 0 aliphatic heterocycles. The Morgan fingerprint density at radius 2 is 0.750 bits per heavy atom. The average Bonchev–Trinajstić information content (AvgIpc) is 0. The zero-order valence-corrected chi connectivity index (χ0v) is 9.29. The van der Waals surface area contributed by atoms with E-state index in [1.165, 1.54) is 0 Å². The van der Waals surface area contributed by atoms with Crippen molar-refractivity contribution in [2.45, 2.75) is 0 Å². The summed E-state index contributed by atoms with van der Waals surface area (Å²) in [5, 5.41) is 0. The molecule has 0 unspecified atom stereocenters. The summed E-state index contributed by atoms with van der Waals surface area (Å²) in [6.07, 6.45) is 0. The van der Waals surface area contributed by atoms with E-state index >= 15 is 0 Å². The van der Waals surface area contributed by atoms with Crippen molar-refractivity contribution in [3.63, 3.8) is 0 Å². The Kier molecular flexibility index (Phi) is 124. The van der Waals surface area contributed by atoms with Crippen LogP contribution in [0.4, 0.5) is 0 Å². The fourth-order valence-corrected chi connectivity index (χ4v) is 0. The fourth-order valence-electron chi connectivity index (χ4n) is 0. The molecule has 0 aromatic heterocycles. The largest absolute Gasteiger partial charge is 2.00 e. The van der Waals surface area contributed by atoms with E-state index in [9.17, 15) is 0 Å².